The molecule has 0 saturated heterocycles. The third kappa shape index (κ3) is 5650. The molecule has 14 N–H and O–H groups in total. The van der Waals surface area contributed by atoms with Gasteiger partial charge in [-0.1, -0.05) is 0 Å². The summed E-state index contributed by atoms with van der Waals surface area (Å²) in [6.45, 7) is 0. The third-order valence-corrected chi connectivity index (χ3v) is 0. The van der Waals surface area contributed by atoms with Crippen LogP contribution in [0.3, 0.4) is 0 Å². The van der Waals surface area contributed by atoms with Gasteiger partial charge >= 0.3 is 30.5 Å². The molecule has 9 nitrogen and oxygen atoms in total. The van der Waals surface area contributed by atoms with Crippen LogP contribution in [-0.2, 0) is 3.08 Å². The average Bonchev–Trinajstić information content (AvgIpc) is 0.811. The van der Waals surface area contributed by atoms with E-state index >= 15 is 0 Å². The van der Waals surface area contributed by atoms with Crippen molar-refractivity contribution in [3.8, 4) is 0 Å². The van der Waals surface area contributed by atoms with Crippen LogP contribution >= 0.6 is 0 Å². The summed E-state index contributed by atoms with van der Waals surface area (Å²) in [4.78, 5) is 0. The van der Waals surface area contributed by atoms with Crippen molar-refractivity contribution in [3.05, 3.63) is 0 Å². The summed E-state index contributed by atoms with van der Waals surface area (Å²) in [5, 5.41) is 0. The maximum absolute atomic E-state index is 8.84. The monoisotopic (exact) mass is 278 g/mol. The van der Waals surface area contributed by atoms with Crippen molar-refractivity contribution in [3.63, 3.8) is 0 Å². The molecule has 0 atom stereocenters. The van der Waals surface area contributed by atoms with Crippen LogP contribution in [0.5, 0.6) is 0 Å². The Morgan fingerprint density at radius 1 is 0.700 bits per heavy atom. The Kier molecular flexibility index (Phi) is 487. The first-order chi connectivity index (χ1) is 1.73. The fourth-order valence-corrected chi connectivity index (χ4v) is 0. The summed E-state index contributed by atoms with van der Waals surface area (Å²) in [6.07, 6.45) is 0. The van der Waals surface area contributed by atoms with Crippen molar-refractivity contribution >= 4 is 20.6 Å². The van der Waals surface area contributed by atoms with Gasteiger partial charge in [-0.2, -0.15) is 0 Å². The van der Waals surface area contributed by atoms with Gasteiger partial charge < -0.3 is 32.9 Å². The van der Waals surface area contributed by atoms with E-state index in [1.165, 1.54) is 0 Å². The van der Waals surface area contributed by atoms with Gasteiger partial charge in [0, 0.05) is 0 Å². The van der Waals surface area contributed by atoms with E-state index in [0.29, 0.717) is 0 Å². The molecule has 0 spiro atoms. The molecular formula is H14O9Sn. The molecule has 0 unspecified atom stereocenters. The van der Waals surface area contributed by atoms with Gasteiger partial charge in [0.05, 0.1) is 0 Å². The second kappa shape index (κ2) is 59.2. The van der Waals surface area contributed by atoms with E-state index in [9.17, 15) is 0 Å². The summed E-state index contributed by atoms with van der Waals surface area (Å²) in [7, 11) is 0. The Labute approximate surface area is 64.0 Å². The van der Waals surface area contributed by atoms with Crippen LogP contribution in [0.4, 0.5) is 0 Å². The maximum atomic E-state index is 8.84. The van der Waals surface area contributed by atoms with Crippen LogP contribution < -0.4 is 0 Å². The predicted molar refractivity (Wildman–Crippen MR) is 32.6 cm³/mol. The van der Waals surface area contributed by atoms with E-state index in [2.05, 4.69) is 0 Å². The normalized spacial score (nSPS) is 2.60. The van der Waals surface area contributed by atoms with Gasteiger partial charge in [0.2, 0.25) is 0 Å². The number of hydrogen-bond acceptors (Lipinski definition) is 1. The van der Waals surface area contributed by atoms with Crippen molar-refractivity contribution in [1.82, 2.24) is 0 Å². The van der Waals surface area contributed by atoms with E-state index in [1.807, 2.05) is 0 Å². The van der Waals surface area contributed by atoms with E-state index in [-0.39, 0.29) is 32.9 Å². The molecular weight excluding hydrogens is 263 g/mol. The van der Waals surface area contributed by atoms with Gasteiger partial charge in [-0.25, -0.2) is 0 Å². The van der Waals surface area contributed by atoms with Crippen molar-refractivity contribution < 1.29 is 42.8 Å². The molecule has 0 heterocycles. The molecule has 0 radical (unpaired) electrons. The third-order valence-electron chi connectivity index (χ3n) is 0. The molecule has 0 saturated carbocycles. The topological polar surface area (TPSA) is 247 Å². The molecule has 0 aromatic carbocycles. The SMILES string of the molecule is O.O.O.O.O.O.[O]=[Sn]([OH])[OH]. The zero-order valence-electron chi connectivity index (χ0n) is 4.80. The quantitative estimate of drug-likeness (QED) is 0.410. The van der Waals surface area contributed by atoms with Gasteiger partial charge in [-0.05, 0) is 0 Å². The predicted octanol–water partition coefficient (Wildman–Crippen LogP) is -6.56. The van der Waals surface area contributed by atoms with Crippen molar-refractivity contribution in [2.75, 3.05) is 0 Å². The number of hydrogen-bond donors (Lipinski definition) is 2. The zero-order chi connectivity index (χ0) is 3.58. The number of rotatable bonds is 0. The Balaban J connectivity index is -0.00000000300. The Bertz CT molecular complexity index is 27.7. The van der Waals surface area contributed by atoms with Gasteiger partial charge in [0.1, 0.15) is 0 Å². The molecule has 0 aliphatic carbocycles. The second-order valence-corrected chi connectivity index (χ2v) is 1.90. The summed E-state index contributed by atoms with van der Waals surface area (Å²) in [5.41, 5.74) is 0. The minimum absolute atomic E-state index is 0. The van der Waals surface area contributed by atoms with Crippen LogP contribution in [0.1, 0.15) is 0 Å². The van der Waals surface area contributed by atoms with Gasteiger partial charge in [0.15, 0.2) is 0 Å². The standard InChI is InChI=1S/8H2O.O.Sn/h8*1H2;;/q;;;;;;;;;+2/p-2. The van der Waals surface area contributed by atoms with Crippen molar-refractivity contribution in [1.29, 1.82) is 0 Å². The molecule has 0 aliphatic rings. The molecule has 10 heavy (non-hydrogen) atoms. The second-order valence-electron chi connectivity index (χ2n) is 0.283. The fraction of sp³-hybridized carbons (Fsp3) is 0. The summed E-state index contributed by atoms with van der Waals surface area (Å²) >= 11 is -3.79. The van der Waals surface area contributed by atoms with E-state index in [1.54, 1.807) is 0 Å². The first-order valence-corrected chi connectivity index (χ1v) is 4.37. The molecule has 0 bridgehead atoms. The molecule has 0 rings (SSSR count). The summed E-state index contributed by atoms with van der Waals surface area (Å²) in [5.74, 6) is 0. The Morgan fingerprint density at radius 3 is 0.700 bits per heavy atom. The first-order valence-electron chi connectivity index (χ1n) is 0.651. The molecule has 10 heteroatoms. The van der Waals surface area contributed by atoms with Gasteiger partial charge in [-0.15, -0.1) is 0 Å². The van der Waals surface area contributed by atoms with Crippen molar-refractivity contribution in [2.24, 2.45) is 0 Å². The molecule has 0 aromatic rings. The van der Waals surface area contributed by atoms with E-state index in [4.69, 9.17) is 9.96 Å². The fourth-order valence-electron chi connectivity index (χ4n) is 0. The van der Waals surface area contributed by atoms with Crippen LogP contribution in [0, 0.1) is 0 Å². The van der Waals surface area contributed by atoms with Crippen molar-refractivity contribution in [2.45, 2.75) is 0 Å². The van der Waals surface area contributed by atoms with Gasteiger partial charge in [0.25, 0.3) is 0 Å². The Hall–Kier alpha value is 0.279. The van der Waals surface area contributed by atoms with Crippen LogP contribution in [0.2, 0.25) is 0 Å². The molecule has 0 aliphatic heterocycles. The van der Waals surface area contributed by atoms with Gasteiger partial charge in [-0.3, -0.25) is 0 Å². The van der Waals surface area contributed by atoms with Crippen LogP contribution in [-0.4, -0.2) is 60.3 Å². The molecule has 0 fully saturated rings. The zero-order valence-corrected chi connectivity index (χ0v) is 7.66. The van der Waals surface area contributed by atoms with Crippen LogP contribution in [0.15, 0.2) is 0 Å². The summed E-state index contributed by atoms with van der Waals surface area (Å²) < 4.78 is 23.3. The van der Waals surface area contributed by atoms with E-state index in [0.717, 1.165) is 0 Å². The molecule has 72 valence electrons. The molecule has 0 amide bonds. The first kappa shape index (κ1) is 82.3. The average molecular weight is 277 g/mol. The molecule has 0 aromatic heterocycles. The van der Waals surface area contributed by atoms with E-state index < -0.39 is 20.6 Å². The summed E-state index contributed by atoms with van der Waals surface area (Å²) in [6, 6.07) is 0. The van der Waals surface area contributed by atoms with Crippen LogP contribution in [0.25, 0.3) is 0 Å². The Morgan fingerprint density at radius 2 is 0.700 bits per heavy atom. The minimum atomic E-state index is -3.79.